The normalized spacial score (nSPS) is 19.2. The molecule has 1 fully saturated rings. The van der Waals surface area contributed by atoms with E-state index in [1.165, 1.54) is 0 Å². The molecule has 1 aromatic rings. The fourth-order valence-corrected chi connectivity index (χ4v) is 2.10. The van der Waals surface area contributed by atoms with Gasteiger partial charge >= 0.3 is 6.01 Å². The largest absolute Gasteiger partial charge is 0.406 e. The van der Waals surface area contributed by atoms with Crippen LogP contribution in [0.25, 0.3) is 0 Å². The highest BCUT2D eigenvalue weighted by atomic mass is 16.5. The van der Waals surface area contributed by atoms with E-state index in [9.17, 15) is 0 Å². The van der Waals surface area contributed by atoms with Crippen molar-refractivity contribution in [1.82, 2.24) is 15.5 Å². The molecule has 18 heavy (non-hydrogen) atoms. The smallest absolute Gasteiger partial charge is 0.318 e. The Morgan fingerprint density at radius 3 is 2.78 bits per heavy atom. The Kier molecular flexibility index (Phi) is 4.54. The number of nitrogens with one attached hydrogen (secondary N) is 1. The zero-order valence-corrected chi connectivity index (χ0v) is 11.3. The summed E-state index contributed by atoms with van der Waals surface area (Å²) in [5.74, 6) is 0.638. The lowest BCUT2D eigenvalue weighted by atomic mass is 10.1. The Morgan fingerprint density at radius 1 is 1.44 bits per heavy atom. The fourth-order valence-electron chi connectivity index (χ4n) is 2.10. The predicted molar refractivity (Wildman–Crippen MR) is 68.6 cm³/mol. The van der Waals surface area contributed by atoms with Crippen molar-refractivity contribution in [2.24, 2.45) is 0 Å². The quantitative estimate of drug-likeness (QED) is 0.856. The maximum Gasteiger partial charge on any atom is 0.318 e. The van der Waals surface area contributed by atoms with E-state index in [0.29, 0.717) is 18.0 Å². The van der Waals surface area contributed by atoms with Crippen molar-refractivity contribution in [2.45, 2.75) is 38.8 Å². The third kappa shape index (κ3) is 3.00. The van der Waals surface area contributed by atoms with Gasteiger partial charge in [0.15, 0.2) is 0 Å². The Labute approximate surface area is 108 Å². The summed E-state index contributed by atoms with van der Waals surface area (Å²) in [6, 6.07) is 0.717. The Balaban J connectivity index is 1.91. The van der Waals surface area contributed by atoms with Crippen molar-refractivity contribution in [1.29, 1.82) is 0 Å². The zero-order chi connectivity index (χ0) is 13.0. The van der Waals surface area contributed by atoms with Crippen LogP contribution in [-0.2, 0) is 4.74 Å². The number of hydrogen-bond acceptors (Lipinski definition) is 6. The summed E-state index contributed by atoms with van der Waals surface area (Å²) in [6.07, 6.45) is 2.42. The summed E-state index contributed by atoms with van der Waals surface area (Å²) >= 11 is 0. The summed E-state index contributed by atoms with van der Waals surface area (Å²) < 4.78 is 11.3. The average molecular weight is 254 g/mol. The minimum atomic E-state index is 0.0900. The number of piperidine rings is 1. The van der Waals surface area contributed by atoms with Gasteiger partial charge in [0.2, 0.25) is 5.89 Å². The molecule has 0 bridgehead atoms. The van der Waals surface area contributed by atoms with Gasteiger partial charge in [-0.25, -0.2) is 0 Å². The fraction of sp³-hybridized carbons (Fsp3) is 0.833. The van der Waals surface area contributed by atoms with Crippen LogP contribution in [0.1, 0.15) is 38.6 Å². The molecule has 102 valence electrons. The van der Waals surface area contributed by atoms with Crippen LogP contribution in [-0.4, -0.2) is 43.0 Å². The van der Waals surface area contributed by atoms with Crippen LogP contribution in [0, 0.1) is 0 Å². The molecule has 6 nitrogen and oxygen atoms in total. The Hall–Kier alpha value is -1.14. The number of hydrogen-bond donors (Lipinski definition) is 1. The van der Waals surface area contributed by atoms with Crippen LogP contribution < -0.4 is 10.2 Å². The summed E-state index contributed by atoms with van der Waals surface area (Å²) in [7, 11) is 1.88. The molecule has 1 aliphatic heterocycles. The highest BCUT2D eigenvalue weighted by Gasteiger charge is 2.23. The van der Waals surface area contributed by atoms with Gasteiger partial charge < -0.3 is 19.4 Å². The molecule has 6 heteroatoms. The minimum absolute atomic E-state index is 0.0900. The van der Waals surface area contributed by atoms with Crippen molar-refractivity contribution in [3.63, 3.8) is 0 Å². The van der Waals surface area contributed by atoms with E-state index in [-0.39, 0.29) is 6.04 Å². The number of rotatable bonds is 5. The highest BCUT2D eigenvalue weighted by molar-refractivity contribution is 5.25. The Bertz CT molecular complexity index is 361. The minimum Gasteiger partial charge on any atom is -0.406 e. The van der Waals surface area contributed by atoms with E-state index in [4.69, 9.17) is 9.15 Å². The SMILES string of the molecule is CCOC1CCN(c2nnc(C(C)NC)o2)CC1. The van der Waals surface area contributed by atoms with Gasteiger partial charge in [-0.3, -0.25) is 0 Å². The van der Waals surface area contributed by atoms with Gasteiger partial charge in [0.25, 0.3) is 0 Å². The summed E-state index contributed by atoms with van der Waals surface area (Å²) in [6.45, 7) is 6.66. The first-order valence-corrected chi connectivity index (χ1v) is 6.61. The predicted octanol–water partition coefficient (Wildman–Crippen LogP) is 1.36. The highest BCUT2D eigenvalue weighted by Crippen LogP contribution is 2.22. The van der Waals surface area contributed by atoms with Crippen molar-refractivity contribution in [3.8, 4) is 0 Å². The topological polar surface area (TPSA) is 63.4 Å². The van der Waals surface area contributed by atoms with Gasteiger partial charge in [0, 0.05) is 19.7 Å². The first-order valence-electron chi connectivity index (χ1n) is 6.61. The molecule has 0 amide bonds. The van der Waals surface area contributed by atoms with Crippen LogP contribution in [0.3, 0.4) is 0 Å². The molecular weight excluding hydrogens is 232 g/mol. The number of aromatic nitrogens is 2. The third-order valence-corrected chi connectivity index (χ3v) is 3.35. The van der Waals surface area contributed by atoms with Crippen molar-refractivity contribution < 1.29 is 9.15 Å². The van der Waals surface area contributed by atoms with E-state index >= 15 is 0 Å². The van der Waals surface area contributed by atoms with Crippen LogP contribution in [0.2, 0.25) is 0 Å². The van der Waals surface area contributed by atoms with Gasteiger partial charge in [-0.1, -0.05) is 5.10 Å². The molecule has 2 heterocycles. The lowest BCUT2D eigenvalue weighted by molar-refractivity contribution is 0.0453. The summed E-state index contributed by atoms with van der Waals surface area (Å²) in [5.41, 5.74) is 0. The summed E-state index contributed by atoms with van der Waals surface area (Å²) in [5, 5.41) is 11.3. The van der Waals surface area contributed by atoms with Crippen molar-refractivity contribution >= 4 is 6.01 Å². The molecular formula is C12H22N4O2. The zero-order valence-electron chi connectivity index (χ0n) is 11.3. The third-order valence-electron chi connectivity index (χ3n) is 3.35. The average Bonchev–Trinajstić information content (AvgIpc) is 2.89. The van der Waals surface area contributed by atoms with E-state index in [1.807, 2.05) is 20.9 Å². The molecule has 1 aliphatic rings. The van der Waals surface area contributed by atoms with Crippen LogP contribution in [0.15, 0.2) is 4.42 Å². The first kappa shape index (κ1) is 13.3. The van der Waals surface area contributed by atoms with E-state index in [0.717, 1.165) is 32.5 Å². The molecule has 0 aliphatic carbocycles. The van der Waals surface area contributed by atoms with E-state index in [2.05, 4.69) is 20.4 Å². The Morgan fingerprint density at radius 2 is 2.17 bits per heavy atom. The van der Waals surface area contributed by atoms with Crippen molar-refractivity contribution in [2.75, 3.05) is 31.6 Å². The van der Waals surface area contributed by atoms with Gasteiger partial charge in [0.1, 0.15) is 0 Å². The lowest BCUT2D eigenvalue weighted by Gasteiger charge is -2.30. The number of ether oxygens (including phenoxy) is 1. The second-order valence-corrected chi connectivity index (χ2v) is 4.57. The van der Waals surface area contributed by atoms with Gasteiger partial charge in [-0.2, -0.15) is 0 Å². The molecule has 0 spiro atoms. The monoisotopic (exact) mass is 254 g/mol. The lowest BCUT2D eigenvalue weighted by Crippen LogP contribution is -2.37. The van der Waals surface area contributed by atoms with Crippen LogP contribution in [0.5, 0.6) is 0 Å². The molecule has 0 radical (unpaired) electrons. The number of anilines is 1. The van der Waals surface area contributed by atoms with Crippen molar-refractivity contribution in [3.05, 3.63) is 5.89 Å². The van der Waals surface area contributed by atoms with E-state index < -0.39 is 0 Å². The molecule has 1 unspecified atom stereocenters. The van der Waals surface area contributed by atoms with Crippen LogP contribution >= 0.6 is 0 Å². The number of nitrogens with zero attached hydrogens (tertiary/aromatic N) is 3. The summed E-state index contributed by atoms with van der Waals surface area (Å²) in [4.78, 5) is 2.13. The van der Waals surface area contributed by atoms with Gasteiger partial charge in [-0.15, -0.1) is 5.10 Å². The van der Waals surface area contributed by atoms with Crippen LogP contribution in [0.4, 0.5) is 6.01 Å². The molecule has 2 rings (SSSR count). The second kappa shape index (κ2) is 6.15. The van der Waals surface area contributed by atoms with Gasteiger partial charge in [0.05, 0.1) is 12.1 Å². The molecule has 1 aromatic heterocycles. The standard InChI is InChI=1S/C12H22N4O2/c1-4-17-10-5-7-16(8-6-10)12-15-14-11(18-12)9(2)13-3/h9-10,13H,4-8H2,1-3H3. The maximum absolute atomic E-state index is 5.67. The molecule has 0 saturated carbocycles. The molecule has 1 N–H and O–H groups in total. The first-order chi connectivity index (χ1) is 8.74. The van der Waals surface area contributed by atoms with E-state index in [1.54, 1.807) is 0 Å². The van der Waals surface area contributed by atoms with Gasteiger partial charge in [-0.05, 0) is 33.7 Å². The molecule has 0 aromatic carbocycles. The molecule has 1 saturated heterocycles. The second-order valence-electron chi connectivity index (χ2n) is 4.57. The maximum atomic E-state index is 5.67. The molecule has 1 atom stereocenters.